The van der Waals surface area contributed by atoms with Crippen molar-refractivity contribution in [1.29, 1.82) is 5.41 Å². The maximum absolute atomic E-state index is 12.3. The molecule has 0 radical (unpaired) electrons. The zero-order valence-electron chi connectivity index (χ0n) is 18.8. The zero-order chi connectivity index (χ0) is 24.7. The number of guanidine groups is 1. The average Bonchev–Trinajstić information content (AvgIpc) is 3.42. The summed E-state index contributed by atoms with van der Waals surface area (Å²) in [5.41, 5.74) is 14.0. The van der Waals surface area contributed by atoms with Crippen LogP contribution in [0.2, 0.25) is 0 Å². The second kappa shape index (κ2) is 11.3. The van der Waals surface area contributed by atoms with Crippen LogP contribution in [0, 0.1) is 5.41 Å². The maximum atomic E-state index is 12.3. The van der Waals surface area contributed by atoms with Crippen molar-refractivity contribution in [1.82, 2.24) is 20.5 Å². The van der Waals surface area contributed by atoms with E-state index in [1.165, 1.54) is 0 Å². The Morgan fingerprint density at radius 1 is 1.24 bits per heavy atom. The predicted octanol–water partition coefficient (Wildman–Crippen LogP) is 0.0291. The molecule has 0 saturated heterocycles. The molecule has 2 aromatic rings. The van der Waals surface area contributed by atoms with E-state index in [-0.39, 0.29) is 31.3 Å². The van der Waals surface area contributed by atoms with Crippen LogP contribution in [-0.4, -0.2) is 70.5 Å². The fraction of sp³-hybridized carbons (Fsp3) is 0.391. The minimum atomic E-state index is -1.11. The molecular weight excluding hydrogens is 438 g/mol. The van der Waals surface area contributed by atoms with Crippen LogP contribution in [0.5, 0.6) is 0 Å². The van der Waals surface area contributed by atoms with Gasteiger partial charge in [-0.25, -0.2) is 4.79 Å². The maximum Gasteiger partial charge on any atom is 0.326 e. The number of carboxylic acids is 1. The number of nitrogens with one attached hydrogen (secondary N) is 4. The molecule has 2 amide bonds. The Hall–Kier alpha value is -3.86. The lowest BCUT2D eigenvalue weighted by atomic mass is 10.1. The summed E-state index contributed by atoms with van der Waals surface area (Å²) in [6.45, 7) is 1.27. The Morgan fingerprint density at radius 3 is 2.68 bits per heavy atom. The van der Waals surface area contributed by atoms with Gasteiger partial charge in [-0.05, 0) is 30.4 Å². The van der Waals surface area contributed by atoms with Gasteiger partial charge in [-0.2, -0.15) is 0 Å². The van der Waals surface area contributed by atoms with Gasteiger partial charge in [0, 0.05) is 43.7 Å². The fourth-order valence-corrected chi connectivity index (χ4v) is 3.84. The van der Waals surface area contributed by atoms with E-state index >= 15 is 0 Å². The number of carbonyl (C=O) groups excluding carboxylic acids is 2. The second-order valence-electron chi connectivity index (χ2n) is 8.38. The van der Waals surface area contributed by atoms with Crippen LogP contribution in [-0.2, 0) is 20.8 Å². The van der Waals surface area contributed by atoms with E-state index in [1.807, 2.05) is 36.4 Å². The first-order valence-electron chi connectivity index (χ1n) is 11.1. The van der Waals surface area contributed by atoms with Crippen molar-refractivity contribution in [2.24, 2.45) is 11.5 Å². The molecule has 11 nitrogen and oxygen atoms in total. The summed E-state index contributed by atoms with van der Waals surface area (Å²) in [6.07, 6.45) is 2.84. The van der Waals surface area contributed by atoms with Gasteiger partial charge in [-0.3, -0.25) is 15.0 Å². The number of amides is 2. The number of aromatic amines is 1. The van der Waals surface area contributed by atoms with E-state index in [0.29, 0.717) is 25.9 Å². The van der Waals surface area contributed by atoms with Crippen LogP contribution in [0.4, 0.5) is 0 Å². The molecule has 9 N–H and O–H groups in total. The van der Waals surface area contributed by atoms with Gasteiger partial charge in [0.2, 0.25) is 11.8 Å². The minimum Gasteiger partial charge on any atom is -0.480 e. The summed E-state index contributed by atoms with van der Waals surface area (Å²) < 4.78 is 0. The highest BCUT2D eigenvalue weighted by Gasteiger charge is 2.22. The minimum absolute atomic E-state index is 0.0194. The highest BCUT2D eigenvalue weighted by atomic mass is 16.4. The number of nitrogens with zero attached hydrogens (tertiary/aromatic N) is 1. The molecular formula is C23H31N7O4. The molecule has 3 rings (SSSR count). The Labute approximate surface area is 197 Å². The van der Waals surface area contributed by atoms with Crippen molar-refractivity contribution < 1.29 is 19.5 Å². The highest BCUT2D eigenvalue weighted by molar-refractivity contribution is 5.85. The number of nitrogens with two attached hydrogens (primary N) is 2. The molecule has 11 heteroatoms. The van der Waals surface area contributed by atoms with Gasteiger partial charge >= 0.3 is 5.97 Å². The van der Waals surface area contributed by atoms with E-state index in [4.69, 9.17) is 16.9 Å². The van der Waals surface area contributed by atoms with Crippen molar-refractivity contribution in [3.8, 4) is 0 Å². The van der Waals surface area contributed by atoms with E-state index in [2.05, 4.69) is 15.6 Å². The van der Waals surface area contributed by atoms with Crippen LogP contribution >= 0.6 is 0 Å². The summed E-state index contributed by atoms with van der Waals surface area (Å²) in [4.78, 5) is 40.9. The largest absolute Gasteiger partial charge is 0.480 e. The lowest BCUT2D eigenvalue weighted by Crippen LogP contribution is -2.43. The molecule has 0 bridgehead atoms. The second-order valence-corrected chi connectivity index (χ2v) is 8.38. The van der Waals surface area contributed by atoms with Crippen molar-refractivity contribution >= 4 is 34.6 Å². The van der Waals surface area contributed by atoms with E-state index in [1.54, 1.807) is 4.90 Å². The van der Waals surface area contributed by atoms with Crippen molar-refractivity contribution in [2.45, 2.75) is 37.8 Å². The van der Waals surface area contributed by atoms with Gasteiger partial charge < -0.3 is 37.1 Å². The summed E-state index contributed by atoms with van der Waals surface area (Å²) in [5.74, 6) is -1.86. The number of hydrogen-bond acceptors (Lipinski definition) is 5. The number of carbonyl (C=O) groups is 3. The van der Waals surface area contributed by atoms with Crippen LogP contribution < -0.4 is 22.1 Å². The first kappa shape index (κ1) is 24.8. The smallest absolute Gasteiger partial charge is 0.326 e. The first-order chi connectivity index (χ1) is 16.2. The average molecular weight is 470 g/mol. The van der Waals surface area contributed by atoms with E-state index in [9.17, 15) is 19.5 Å². The number of para-hydroxylation sites is 1. The van der Waals surface area contributed by atoms with Crippen molar-refractivity contribution in [3.05, 3.63) is 47.7 Å². The zero-order valence-corrected chi connectivity index (χ0v) is 18.8. The third-order valence-corrected chi connectivity index (χ3v) is 5.68. The van der Waals surface area contributed by atoms with Gasteiger partial charge in [0.1, 0.15) is 6.04 Å². The quantitative estimate of drug-likeness (QED) is 0.104. The third-order valence-electron chi connectivity index (χ3n) is 5.68. The molecule has 1 aliphatic rings. The van der Waals surface area contributed by atoms with Gasteiger partial charge in [-0.15, -0.1) is 0 Å². The van der Waals surface area contributed by atoms with Gasteiger partial charge in [0.25, 0.3) is 0 Å². The molecule has 1 aromatic heterocycles. The standard InChI is InChI=1S/C23H31N7O4/c24-17(10-14-7-9-30(13-14)23(25)26)21(32)27-8-3-6-20(31)29-19(22(33)34)12-16-11-15-4-1-2-5-18(15)28-16/h1-2,4-5,7,11,17,19,28H,3,6,8-10,12-13,24H2,(H3,25,26)(H,27,32)(H,29,31)(H,33,34). The number of rotatable bonds is 11. The monoisotopic (exact) mass is 469 g/mol. The summed E-state index contributed by atoms with van der Waals surface area (Å²) in [7, 11) is 0. The fourth-order valence-electron chi connectivity index (χ4n) is 3.84. The highest BCUT2D eigenvalue weighted by Crippen LogP contribution is 2.16. The number of aliphatic carboxylic acids is 1. The van der Waals surface area contributed by atoms with Gasteiger partial charge in [-0.1, -0.05) is 29.8 Å². The molecule has 0 fully saturated rings. The first-order valence-corrected chi connectivity index (χ1v) is 11.1. The topological polar surface area (TPSA) is 190 Å². The normalized spacial score (nSPS) is 15.0. The summed E-state index contributed by atoms with van der Waals surface area (Å²) >= 11 is 0. The number of H-pyrrole nitrogens is 1. The van der Waals surface area contributed by atoms with Crippen LogP contribution in [0.1, 0.15) is 25.0 Å². The molecule has 1 aliphatic heterocycles. The number of fused-ring (bicyclic) bond motifs is 1. The lowest BCUT2D eigenvalue weighted by Gasteiger charge is -2.17. The molecule has 1 aromatic carbocycles. The van der Waals surface area contributed by atoms with Crippen LogP contribution in [0.25, 0.3) is 10.9 Å². The SMILES string of the molecule is N=C(N)N1CC=C(CC(N)C(=O)NCCCC(=O)NC(Cc2cc3ccccc3[nH]2)C(=O)O)C1. The number of benzene rings is 1. The molecule has 2 unspecified atom stereocenters. The van der Waals surface area contributed by atoms with E-state index < -0.39 is 24.0 Å². The number of carboxylic acid groups (broad SMARTS) is 1. The van der Waals surface area contributed by atoms with Crippen molar-refractivity contribution in [2.75, 3.05) is 19.6 Å². The van der Waals surface area contributed by atoms with Gasteiger partial charge in [0.15, 0.2) is 5.96 Å². The molecule has 0 aliphatic carbocycles. The molecule has 2 heterocycles. The van der Waals surface area contributed by atoms with E-state index in [0.717, 1.165) is 22.2 Å². The third kappa shape index (κ3) is 6.82. The Balaban J connectivity index is 1.37. The Bertz CT molecular complexity index is 1060. The lowest BCUT2D eigenvalue weighted by molar-refractivity contribution is -0.141. The summed E-state index contributed by atoms with van der Waals surface area (Å²) in [5, 5.41) is 23.2. The molecule has 0 saturated carbocycles. The van der Waals surface area contributed by atoms with Crippen molar-refractivity contribution in [3.63, 3.8) is 0 Å². The molecule has 34 heavy (non-hydrogen) atoms. The van der Waals surface area contributed by atoms with Crippen LogP contribution in [0.15, 0.2) is 42.0 Å². The Morgan fingerprint density at radius 2 is 2.00 bits per heavy atom. The Kier molecular flexibility index (Phi) is 8.25. The summed E-state index contributed by atoms with van der Waals surface area (Å²) in [6, 6.07) is 7.69. The molecule has 0 spiro atoms. The number of aromatic nitrogens is 1. The predicted molar refractivity (Wildman–Crippen MR) is 128 cm³/mol. The molecule has 2 atom stereocenters. The van der Waals surface area contributed by atoms with Crippen LogP contribution in [0.3, 0.4) is 0 Å². The van der Waals surface area contributed by atoms with Gasteiger partial charge in [0.05, 0.1) is 6.04 Å². The molecule has 182 valence electrons. The number of hydrogen-bond donors (Lipinski definition) is 7.